The largest absolute Gasteiger partial charge is 0.496 e. The van der Waals surface area contributed by atoms with Crippen LogP contribution in [0.25, 0.3) is 22.3 Å². The van der Waals surface area contributed by atoms with Crippen molar-refractivity contribution >= 4 is 17.0 Å². The van der Waals surface area contributed by atoms with E-state index in [0.29, 0.717) is 6.04 Å². The molecule has 0 radical (unpaired) electrons. The first-order valence-electron chi connectivity index (χ1n) is 9.06. The Kier molecular flexibility index (Phi) is 4.68. The third kappa shape index (κ3) is 2.92. The molecule has 2 aromatic carbocycles. The molecular weight excluding hydrogens is 356 g/mol. The summed E-state index contributed by atoms with van der Waals surface area (Å²) >= 11 is 1.57. The number of methoxy groups -OCH3 is 1. The van der Waals surface area contributed by atoms with Gasteiger partial charge in [0.1, 0.15) is 5.75 Å². The Balaban J connectivity index is 1.95. The van der Waals surface area contributed by atoms with Gasteiger partial charge in [-0.05, 0) is 55.1 Å². The molecule has 1 aliphatic heterocycles. The van der Waals surface area contributed by atoms with Crippen molar-refractivity contribution in [1.82, 2.24) is 5.32 Å². The van der Waals surface area contributed by atoms with E-state index >= 15 is 0 Å². The fraction of sp³-hybridized carbons (Fsp3) is 0.273. The van der Waals surface area contributed by atoms with Gasteiger partial charge >= 0.3 is 0 Å². The predicted octanol–water partition coefficient (Wildman–Crippen LogP) is 5.10. The Morgan fingerprint density at radius 2 is 1.93 bits per heavy atom. The SMILES string of the molecule is CNC(C)c1ccc(-c2c(OC)cc(C)c3c2-c2ccsc2[C@@H](O)N3)cc1. The standard InChI is InChI=1S/C22H24N2O2S/c1-12-11-17(26-4)18(15-7-5-14(6-8-15)13(2)23-3)19-16-9-10-27-21(16)22(25)24-20(12)19/h5-11,13,22-25H,1-4H3/t13?,22-/m1/s1. The van der Waals surface area contributed by atoms with Crippen LogP contribution >= 0.6 is 11.3 Å². The lowest BCUT2D eigenvalue weighted by Crippen LogP contribution is -2.16. The molecule has 0 fully saturated rings. The number of rotatable bonds is 4. The van der Waals surface area contributed by atoms with Crippen LogP contribution in [0.4, 0.5) is 5.69 Å². The number of hydrogen-bond acceptors (Lipinski definition) is 5. The summed E-state index contributed by atoms with van der Waals surface area (Å²) in [5.74, 6) is 0.844. The van der Waals surface area contributed by atoms with Crippen LogP contribution in [-0.4, -0.2) is 19.3 Å². The van der Waals surface area contributed by atoms with Crippen molar-refractivity contribution in [2.24, 2.45) is 0 Å². The van der Waals surface area contributed by atoms with Gasteiger partial charge in [0.25, 0.3) is 0 Å². The number of anilines is 1. The summed E-state index contributed by atoms with van der Waals surface area (Å²) in [7, 11) is 3.68. The third-order valence-corrected chi connectivity index (χ3v) is 6.30. The molecule has 0 saturated heterocycles. The molecule has 0 aliphatic carbocycles. The maximum Gasteiger partial charge on any atom is 0.160 e. The molecule has 0 saturated carbocycles. The summed E-state index contributed by atoms with van der Waals surface area (Å²) < 4.78 is 5.76. The fourth-order valence-corrected chi connectivity index (χ4v) is 4.57. The summed E-state index contributed by atoms with van der Waals surface area (Å²) in [5, 5.41) is 19.1. The van der Waals surface area contributed by atoms with Crippen LogP contribution in [0.2, 0.25) is 0 Å². The summed E-state index contributed by atoms with van der Waals surface area (Å²) in [6.07, 6.45) is -0.675. The molecule has 140 valence electrons. The summed E-state index contributed by atoms with van der Waals surface area (Å²) in [6.45, 7) is 4.19. The topological polar surface area (TPSA) is 53.5 Å². The van der Waals surface area contributed by atoms with Gasteiger partial charge in [0, 0.05) is 28.4 Å². The normalized spacial score (nSPS) is 16.3. The van der Waals surface area contributed by atoms with E-state index < -0.39 is 6.23 Å². The zero-order valence-corrected chi connectivity index (χ0v) is 16.8. The van der Waals surface area contributed by atoms with Gasteiger partial charge in [-0.2, -0.15) is 0 Å². The molecule has 1 unspecified atom stereocenters. The number of hydrogen-bond donors (Lipinski definition) is 3. The Morgan fingerprint density at radius 3 is 2.59 bits per heavy atom. The van der Waals surface area contributed by atoms with E-state index in [-0.39, 0.29) is 0 Å². The highest BCUT2D eigenvalue weighted by molar-refractivity contribution is 7.10. The molecule has 3 N–H and O–H groups in total. The molecule has 3 aromatic rings. The van der Waals surface area contributed by atoms with Crippen LogP contribution in [0.5, 0.6) is 5.75 Å². The number of aliphatic hydroxyl groups is 1. The van der Waals surface area contributed by atoms with Crippen LogP contribution in [0.15, 0.2) is 41.8 Å². The van der Waals surface area contributed by atoms with Crippen molar-refractivity contribution in [3.05, 3.63) is 57.8 Å². The molecule has 2 heterocycles. The van der Waals surface area contributed by atoms with Crippen molar-refractivity contribution < 1.29 is 9.84 Å². The third-order valence-electron chi connectivity index (χ3n) is 5.33. The Bertz CT molecular complexity index is 979. The average Bonchev–Trinajstić information content (AvgIpc) is 3.18. The van der Waals surface area contributed by atoms with Gasteiger partial charge in [-0.25, -0.2) is 0 Å². The van der Waals surface area contributed by atoms with E-state index in [9.17, 15) is 5.11 Å². The summed E-state index contributed by atoms with van der Waals surface area (Å²) in [5.41, 5.74) is 7.60. The van der Waals surface area contributed by atoms with Gasteiger partial charge in [-0.3, -0.25) is 0 Å². The van der Waals surface area contributed by atoms with Gasteiger partial charge in [0.15, 0.2) is 6.23 Å². The van der Waals surface area contributed by atoms with Crippen LogP contribution < -0.4 is 15.4 Å². The highest BCUT2D eigenvalue weighted by Gasteiger charge is 2.29. The van der Waals surface area contributed by atoms with E-state index in [1.807, 2.05) is 25.4 Å². The number of aryl methyl sites for hydroxylation is 1. The van der Waals surface area contributed by atoms with Crippen molar-refractivity contribution in [2.75, 3.05) is 19.5 Å². The van der Waals surface area contributed by atoms with Gasteiger partial charge in [-0.1, -0.05) is 24.3 Å². The molecule has 4 rings (SSSR count). The summed E-state index contributed by atoms with van der Waals surface area (Å²) in [4.78, 5) is 0.942. The van der Waals surface area contributed by atoms with E-state index in [1.165, 1.54) is 5.56 Å². The second-order valence-corrected chi connectivity index (χ2v) is 7.85. The van der Waals surface area contributed by atoms with E-state index in [0.717, 1.165) is 44.1 Å². The molecule has 2 atom stereocenters. The smallest absolute Gasteiger partial charge is 0.160 e. The fourth-order valence-electron chi connectivity index (χ4n) is 3.74. The lowest BCUT2D eigenvalue weighted by Gasteiger charge is -2.28. The van der Waals surface area contributed by atoms with Crippen LogP contribution in [0.1, 0.15) is 35.2 Å². The van der Waals surface area contributed by atoms with Crippen molar-refractivity contribution in [3.8, 4) is 28.0 Å². The molecule has 1 aromatic heterocycles. The number of benzene rings is 2. The predicted molar refractivity (Wildman–Crippen MR) is 113 cm³/mol. The Hall–Kier alpha value is -2.34. The van der Waals surface area contributed by atoms with Crippen molar-refractivity contribution in [3.63, 3.8) is 0 Å². The lowest BCUT2D eigenvalue weighted by molar-refractivity contribution is 0.211. The molecule has 0 bridgehead atoms. The van der Waals surface area contributed by atoms with Crippen molar-refractivity contribution in [1.29, 1.82) is 0 Å². The highest BCUT2D eigenvalue weighted by Crippen LogP contribution is 2.51. The minimum absolute atomic E-state index is 0.299. The second kappa shape index (κ2) is 7.00. The first kappa shape index (κ1) is 18.0. The number of nitrogens with one attached hydrogen (secondary N) is 2. The van der Waals surface area contributed by atoms with E-state index in [1.54, 1.807) is 18.4 Å². The molecular formula is C22H24N2O2S. The Labute approximate surface area is 163 Å². The first-order chi connectivity index (χ1) is 13.0. The molecule has 27 heavy (non-hydrogen) atoms. The Morgan fingerprint density at radius 1 is 1.19 bits per heavy atom. The monoisotopic (exact) mass is 380 g/mol. The van der Waals surface area contributed by atoms with E-state index in [4.69, 9.17) is 4.74 Å². The quantitative estimate of drug-likeness (QED) is 0.590. The molecule has 5 heteroatoms. The number of thiophene rings is 1. The van der Waals surface area contributed by atoms with Crippen LogP contribution in [0.3, 0.4) is 0 Å². The summed E-state index contributed by atoms with van der Waals surface area (Å²) in [6, 6.07) is 13.0. The molecule has 1 aliphatic rings. The van der Waals surface area contributed by atoms with Gasteiger partial charge in [-0.15, -0.1) is 11.3 Å². The second-order valence-electron chi connectivity index (χ2n) is 6.90. The zero-order chi connectivity index (χ0) is 19.1. The molecule has 4 nitrogen and oxygen atoms in total. The minimum Gasteiger partial charge on any atom is -0.496 e. The molecule has 0 amide bonds. The number of ether oxygens (including phenoxy) is 1. The van der Waals surface area contributed by atoms with Gasteiger partial charge in [0.2, 0.25) is 0 Å². The lowest BCUT2D eigenvalue weighted by atomic mass is 9.87. The van der Waals surface area contributed by atoms with Gasteiger partial charge in [0.05, 0.1) is 12.0 Å². The van der Waals surface area contributed by atoms with E-state index in [2.05, 4.69) is 47.9 Å². The number of fused-ring (bicyclic) bond motifs is 3. The number of aliphatic hydroxyl groups excluding tert-OH is 1. The average molecular weight is 381 g/mol. The van der Waals surface area contributed by atoms with Crippen molar-refractivity contribution in [2.45, 2.75) is 26.1 Å². The minimum atomic E-state index is -0.675. The van der Waals surface area contributed by atoms with Gasteiger partial charge < -0.3 is 20.5 Å². The maximum atomic E-state index is 10.5. The van der Waals surface area contributed by atoms with Crippen LogP contribution in [-0.2, 0) is 0 Å². The first-order valence-corrected chi connectivity index (χ1v) is 9.94. The van der Waals surface area contributed by atoms with Crippen LogP contribution in [0, 0.1) is 6.92 Å². The maximum absolute atomic E-state index is 10.5. The zero-order valence-electron chi connectivity index (χ0n) is 16.0. The highest BCUT2D eigenvalue weighted by atomic mass is 32.1. The molecule has 0 spiro atoms.